The zero-order chi connectivity index (χ0) is 20.0. The molecular formula is C19H15BrN4O3S. The maximum atomic E-state index is 9.77. The van der Waals surface area contributed by atoms with Crippen LogP contribution in [0.15, 0.2) is 40.2 Å². The first kappa shape index (κ1) is 18.4. The molecule has 0 spiro atoms. The van der Waals surface area contributed by atoms with Crippen molar-refractivity contribution >= 4 is 39.2 Å². The SMILES string of the molecule is COc1cc(C2C(C#N)=C(N)Oc3c2ccc2[nH]c(=S)[nH]c32)cc(Br)c1OC. The Kier molecular flexibility index (Phi) is 4.53. The molecule has 1 aliphatic heterocycles. The van der Waals surface area contributed by atoms with Crippen molar-refractivity contribution in [3.8, 4) is 23.3 Å². The summed E-state index contributed by atoms with van der Waals surface area (Å²) in [6.07, 6.45) is 0. The number of nitriles is 1. The fourth-order valence-electron chi connectivity index (χ4n) is 3.46. The number of methoxy groups -OCH3 is 2. The number of ether oxygens (including phenoxy) is 3. The first-order chi connectivity index (χ1) is 13.5. The van der Waals surface area contributed by atoms with Crippen LogP contribution in [0.1, 0.15) is 17.0 Å². The Morgan fingerprint density at radius 2 is 2.04 bits per heavy atom. The topological polar surface area (TPSA) is 109 Å². The summed E-state index contributed by atoms with van der Waals surface area (Å²) >= 11 is 8.71. The fourth-order valence-corrected chi connectivity index (χ4v) is 4.30. The third-order valence-corrected chi connectivity index (χ3v) is 5.45. The van der Waals surface area contributed by atoms with Crippen molar-refractivity contribution in [3.63, 3.8) is 0 Å². The van der Waals surface area contributed by atoms with E-state index >= 15 is 0 Å². The van der Waals surface area contributed by atoms with Crippen LogP contribution >= 0.6 is 28.1 Å². The number of fused-ring (bicyclic) bond motifs is 3. The molecule has 0 amide bonds. The predicted octanol–water partition coefficient (Wildman–Crippen LogP) is 4.22. The van der Waals surface area contributed by atoms with E-state index in [1.807, 2.05) is 24.3 Å². The molecule has 1 unspecified atom stereocenters. The van der Waals surface area contributed by atoms with Crippen LogP contribution in [0.25, 0.3) is 11.0 Å². The lowest BCUT2D eigenvalue weighted by Gasteiger charge is -2.27. The molecule has 0 radical (unpaired) electrons. The zero-order valence-electron chi connectivity index (χ0n) is 14.9. The number of aromatic nitrogens is 2. The number of benzene rings is 2. The maximum absolute atomic E-state index is 9.77. The summed E-state index contributed by atoms with van der Waals surface area (Å²) in [7, 11) is 3.13. The first-order valence-electron chi connectivity index (χ1n) is 8.22. The van der Waals surface area contributed by atoms with Crippen molar-refractivity contribution in [2.24, 2.45) is 5.73 Å². The van der Waals surface area contributed by atoms with Gasteiger partial charge in [-0.3, -0.25) is 0 Å². The monoisotopic (exact) mass is 458 g/mol. The van der Waals surface area contributed by atoms with Crippen LogP contribution in [0.3, 0.4) is 0 Å². The number of nitrogens with two attached hydrogens (primary N) is 1. The number of nitrogens with zero attached hydrogens (tertiary/aromatic N) is 1. The van der Waals surface area contributed by atoms with E-state index in [1.165, 1.54) is 0 Å². The Bertz CT molecular complexity index is 1240. The van der Waals surface area contributed by atoms with E-state index in [0.29, 0.717) is 37.6 Å². The second kappa shape index (κ2) is 6.89. The van der Waals surface area contributed by atoms with E-state index in [4.69, 9.17) is 32.2 Å². The van der Waals surface area contributed by atoms with Gasteiger partial charge in [0.1, 0.15) is 17.2 Å². The lowest BCUT2D eigenvalue weighted by atomic mass is 9.83. The van der Waals surface area contributed by atoms with Crippen molar-refractivity contribution in [1.82, 2.24) is 9.97 Å². The number of aromatic amines is 2. The lowest BCUT2D eigenvalue weighted by molar-refractivity contribution is 0.352. The van der Waals surface area contributed by atoms with Gasteiger partial charge in [-0.1, -0.05) is 6.07 Å². The number of allylic oxidation sites excluding steroid dienone is 1. The standard InChI is InChI=1S/C19H15BrN4O3S/c1-25-13-6-8(5-11(20)17(13)26-2)14-9-3-4-12-15(24-19(28)23-12)16(9)27-18(22)10(14)7-21/h3-6,14H,22H2,1-2H3,(H2,23,24,28). The molecular weight excluding hydrogens is 444 g/mol. The van der Waals surface area contributed by atoms with Gasteiger partial charge in [-0.2, -0.15) is 5.26 Å². The van der Waals surface area contributed by atoms with Crippen LogP contribution in [0.4, 0.5) is 0 Å². The Morgan fingerprint density at radius 3 is 2.71 bits per heavy atom. The summed E-state index contributed by atoms with van der Waals surface area (Å²) < 4.78 is 17.9. The minimum atomic E-state index is -0.439. The van der Waals surface area contributed by atoms with Gasteiger partial charge in [0.25, 0.3) is 0 Å². The van der Waals surface area contributed by atoms with Crippen LogP contribution in [-0.2, 0) is 0 Å². The fraction of sp³-hybridized carbons (Fsp3) is 0.158. The molecule has 0 saturated heterocycles. The van der Waals surface area contributed by atoms with Gasteiger partial charge >= 0.3 is 0 Å². The molecule has 1 aromatic heterocycles. The average Bonchev–Trinajstić information content (AvgIpc) is 3.07. The molecule has 0 bridgehead atoms. The van der Waals surface area contributed by atoms with Gasteiger partial charge in [0, 0.05) is 5.56 Å². The third-order valence-electron chi connectivity index (χ3n) is 4.66. The van der Waals surface area contributed by atoms with Gasteiger partial charge in [0.2, 0.25) is 5.88 Å². The van der Waals surface area contributed by atoms with Crippen LogP contribution < -0.4 is 19.9 Å². The molecule has 0 fully saturated rings. The molecule has 28 heavy (non-hydrogen) atoms. The Morgan fingerprint density at radius 1 is 1.25 bits per heavy atom. The highest BCUT2D eigenvalue weighted by atomic mass is 79.9. The van der Waals surface area contributed by atoms with Crippen molar-refractivity contribution in [2.45, 2.75) is 5.92 Å². The highest BCUT2D eigenvalue weighted by molar-refractivity contribution is 9.10. The molecule has 2 aromatic carbocycles. The van der Waals surface area contributed by atoms with Gasteiger partial charge < -0.3 is 29.9 Å². The van der Waals surface area contributed by atoms with Gasteiger partial charge in [-0.15, -0.1) is 0 Å². The molecule has 3 aromatic rings. The van der Waals surface area contributed by atoms with Gasteiger partial charge in [0.15, 0.2) is 22.0 Å². The molecule has 4 N–H and O–H groups in total. The minimum absolute atomic E-state index is 0.0546. The van der Waals surface area contributed by atoms with Crippen molar-refractivity contribution in [2.75, 3.05) is 14.2 Å². The minimum Gasteiger partial charge on any atom is -0.493 e. The van der Waals surface area contributed by atoms with Gasteiger partial charge in [-0.25, -0.2) is 0 Å². The zero-order valence-corrected chi connectivity index (χ0v) is 17.3. The molecule has 1 atom stereocenters. The molecule has 2 heterocycles. The van der Waals surface area contributed by atoms with Gasteiger partial charge in [0.05, 0.1) is 30.1 Å². The average molecular weight is 459 g/mol. The molecule has 0 saturated carbocycles. The first-order valence-corrected chi connectivity index (χ1v) is 9.42. The summed E-state index contributed by atoms with van der Waals surface area (Å²) in [6.45, 7) is 0. The number of imidazole rings is 1. The molecule has 7 nitrogen and oxygen atoms in total. The maximum Gasteiger partial charge on any atom is 0.205 e. The summed E-state index contributed by atoms with van der Waals surface area (Å²) in [4.78, 5) is 6.14. The number of hydrogen-bond acceptors (Lipinski definition) is 6. The van der Waals surface area contributed by atoms with Crippen LogP contribution in [0.5, 0.6) is 17.2 Å². The summed E-state index contributed by atoms with van der Waals surface area (Å²) in [5.74, 6) is 1.26. The van der Waals surface area contributed by atoms with Crippen LogP contribution in [-0.4, -0.2) is 24.2 Å². The quantitative estimate of drug-likeness (QED) is 0.506. The summed E-state index contributed by atoms with van der Waals surface area (Å²) in [5.41, 5.74) is 9.53. The van der Waals surface area contributed by atoms with E-state index in [0.717, 1.165) is 16.6 Å². The largest absolute Gasteiger partial charge is 0.493 e. The van der Waals surface area contributed by atoms with Crippen molar-refractivity contribution < 1.29 is 14.2 Å². The number of nitrogens with one attached hydrogen (secondary N) is 2. The van der Waals surface area contributed by atoms with Crippen molar-refractivity contribution in [1.29, 1.82) is 5.26 Å². The second-order valence-corrected chi connectivity index (χ2v) is 7.41. The third kappa shape index (κ3) is 2.73. The Hall–Kier alpha value is -2.96. The molecule has 9 heteroatoms. The van der Waals surface area contributed by atoms with Gasteiger partial charge in [-0.05, 0) is 51.9 Å². The normalized spacial score (nSPS) is 15.7. The number of halogens is 1. The predicted molar refractivity (Wildman–Crippen MR) is 110 cm³/mol. The van der Waals surface area contributed by atoms with E-state index in [-0.39, 0.29) is 5.88 Å². The van der Waals surface area contributed by atoms with E-state index < -0.39 is 5.92 Å². The van der Waals surface area contributed by atoms with Crippen molar-refractivity contribution in [3.05, 3.63) is 56.1 Å². The van der Waals surface area contributed by atoms with Crippen LogP contribution in [0.2, 0.25) is 0 Å². The van der Waals surface area contributed by atoms with E-state index in [9.17, 15) is 5.26 Å². The molecule has 1 aliphatic rings. The Balaban J connectivity index is 2.01. The molecule has 4 rings (SSSR count). The van der Waals surface area contributed by atoms with Crippen LogP contribution in [0, 0.1) is 16.1 Å². The smallest absolute Gasteiger partial charge is 0.205 e. The molecule has 142 valence electrons. The van der Waals surface area contributed by atoms with E-state index in [2.05, 4.69) is 32.0 Å². The van der Waals surface area contributed by atoms with E-state index in [1.54, 1.807) is 14.2 Å². The summed E-state index contributed by atoms with van der Waals surface area (Å²) in [5, 5.41) is 9.77. The number of rotatable bonds is 3. The number of hydrogen-bond donors (Lipinski definition) is 3. The Labute approximate surface area is 173 Å². The second-order valence-electron chi connectivity index (χ2n) is 6.15. The highest BCUT2D eigenvalue weighted by Gasteiger charge is 2.33. The highest BCUT2D eigenvalue weighted by Crippen LogP contribution is 2.47. The number of H-pyrrole nitrogens is 2. The molecule has 0 aliphatic carbocycles. The lowest BCUT2D eigenvalue weighted by Crippen LogP contribution is -2.21. The summed E-state index contributed by atoms with van der Waals surface area (Å²) in [6, 6.07) is 9.69.